The molecule has 0 radical (unpaired) electrons. The van der Waals surface area contributed by atoms with Gasteiger partial charge in [-0.1, -0.05) is 18.2 Å². The molecule has 130 valence electrons. The second-order valence-electron chi connectivity index (χ2n) is 5.92. The second-order valence-corrected chi connectivity index (χ2v) is 5.92. The lowest BCUT2D eigenvalue weighted by Gasteiger charge is -2.12. The molecule has 0 heterocycles. The van der Waals surface area contributed by atoms with Crippen LogP contribution in [0.2, 0.25) is 0 Å². The van der Waals surface area contributed by atoms with Crippen molar-refractivity contribution < 1.29 is 9.59 Å². The van der Waals surface area contributed by atoms with E-state index in [0.717, 1.165) is 11.1 Å². The van der Waals surface area contributed by atoms with Crippen LogP contribution in [0.1, 0.15) is 20.7 Å². The monoisotopic (exact) mass is 346 g/mol. The number of carbonyl (C=O) groups is 2. The molecule has 2 amide bonds. The molecule has 0 bridgehead atoms. The highest BCUT2D eigenvalue weighted by molar-refractivity contribution is 6.02. The zero-order valence-electron chi connectivity index (χ0n) is 13.9. The predicted octanol–water partition coefficient (Wildman–Crippen LogP) is 2.38. The second kappa shape index (κ2) is 6.60. The van der Waals surface area contributed by atoms with Gasteiger partial charge in [0.15, 0.2) is 0 Å². The van der Waals surface area contributed by atoms with E-state index in [-0.39, 0.29) is 0 Å². The first kappa shape index (κ1) is 17.0. The van der Waals surface area contributed by atoms with Gasteiger partial charge < -0.3 is 22.9 Å². The fourth-order valence-corrected chi connectivity index (χ4v) is 2.89. The SMILES string of the molecule is NC(=O)c1ccc(N)cc1-c1cccc(-c2cc(N)ccc2C(N)=O)c1. The lowest BCUT2D eigenvalue weighted by Crippen LogP contribution is -2.13. The maximum Gasteiger partial charge on any atom is 0.249 e. The molecule has 0 atom stereocenters. The molecule has 3 aromatic carbocycles. The molecule has 0 aliphatic carbocycles. The smallest absolute Gasteiger partial charge is 0.249 e. The van der Waals surface area contributed by atoms with Crippen molar-refractivity contribution in [2.24, 2.45) is 11.5 Å². The number of anilines is 2. The van der Waals surface area contributed by atoms with Gasteiger partial charge in [-0.15, -0.1) is 0 Å². The number of primary amides is 2. The van der Waals surface area contributed by atoms with Gasteiger partial charge in [-0.05, 0) is 64.7 Å². The van der Waals surface area contributed by atoms with Gasteiger partial charge in [0.2, 0.25) is 11.8 Å². The van der Waals surface area contributed by atoms with E-state index in [4.69, 9.17) is 22.9 Å². The van der Waals surface area contributed by atoms with Crippen LogP contribution >= 0.6 is 0 Å². The summed E-state index contributed by atoms with van der Waals surface area (Å²) in [5, 5.41) is 0. The average molecular weight is 346 g/mol. The Bertz CT molecular complexity index is 949. The van der Waals surface area contributed by atoms with E-state index in [9.17, 15) is 9.59 Å². The molecule has 26 heavy (non-hydrogen) atoms. The standard InChI is InChI=1S/C20H18N4O2/c21-13-4-6-15(19(23)25)17(9-13)11-2-1-3-12(8-11)18-10-14(22)5-7-16(18)20(24)26/h1-10H,21-22H2,(H2,23,25)(H2,24,26). The Hall–Kier alpha value is -3.80. The van der Waals surface area contributed by atoms with E-state index in [1.807, 2.05) is 24.3 Å². The number of nitrogen functional groups attached to an aromatic ring is 2. The highest BCUT2D eigenvalue weighted by Gasteiger charge is 2.14. The quantitative estimate of drug-likeness (QED) is 0.539. The number of hydrogen-bond acceptors (Lipinski definition) is 4. The van der Waals surface area contributed by atoms with Gasteiger partial charge in [0.05, 0.1) is 0 Å². The predicted molar refractivity (Wildman–Crippen MR) is 103 cm³/mol. The Morgan fingerprint density at radius 1 is 0.615 bits per heavy atom. The molecule has 3 aromatic rings. The van der Waals surface area contributed by atoms with Crippen molar-refractivity contribution >= 4 is 23.2 Å². The maximum absolute atomic E-state index is 11.8. The summed E-state index contributed by atoms with van der Waals surface area (Å²) >= 11 is 0. The highest BCUT2D eigenvalue weighted by Crippen LogP contribution is 2.32. The first-order valence-corrected chi connectivity index (χ1v) is 7.86. The number of hydrogen-bond donors (Lipinski definition) is 4. The summed E-state index contributed by atoms with van der Waals surface area (Å²) in [6, 6.07) is 17.1. The maximum atomic E-state index is 11.8. The van der Waals surface area contributed by atoms with E-state index in [0.29, 0.717) is 33.6 Å². The zero-order valence-corrected chi connectivity index (χ0v) is 13.9. The zero-order chi connectivity index (χ0) is 18.8. The molecule has 8 N–H and O–H groups in total. The van der Waals surface area contributed by atoms with E-state index in [1.54, 1.807) is 36.4 Å². The van der Waals surface area contributed by atoms with Crippen molar-refractivity contribution in [3.8, 4) is 22.3 Å². The molecule has 3 rings (SSSR count). The fourth-order valence-electron chi connectivity index (χ4n) is 2.89. The number of benzene rings is 3. The van der Waals surface area contributed by atoms with E-state index in [1.165, 1.54) is 0 Å². The number of nitrogens with two attached hydrogens (primary N) is 4. The van der Waals surface area contributed by atoms with Crippen molar-refractivity contribution in [1.82, 2.24) is 0 Å². The van der Waals surface area contributed by atoms with Crippen LogP contribution < -0.4 is 22.9 Å². The van der Waals surface area contributed by atoms with Crippen LogP contribution in [0.4, 0.5) is 11.4 Å². The van der Waals surface area contributed by atoms with Crippen LogP contribution in [0.5, 0.6) is 0 Å². The van der Waals surface area contributed by atoms with Gasteiger partial charge >= 0.3 is 0 Å². The molecule has 0 aliphatic heterocycles. The summed E-state index contributed by atoms with van der Waals surface area (Å²) in [5.41, 5.74) is 27.1. The van der Waals surface area contributed by atoms with Crippen LogP contribution in [-0.4, -0.2) is 11.8 Å². The molecule has 0 fully saturated rings. The molecule has 6 nitrogen and oxygen atoms in total. The Kier molecular flexibility index (Phi) is 4.33. The summed E-state index contributed by atoms with van der Waals surface area (Å²) < 4.78 is 0. The van der Waals surface area contributed by atoms with Crippen LogP contribution in [-0.2, 0) is 0 Å². The number of amides is 2. The Balaban J connectivity index is 2.21. The average Bonchev–Trinajstić information content (AvgIpc) is 2.61. The van der Waals surface area contributed by atoms with Crippen molar-refractivity contribution in [3.63, 3.8) is 0 Å². The van der Waals surface area contributed by atoms with Gasteiger partial charge in [-0.3, -0.25) is 9.59 Å². The minimum atomic E-state index is -0.549. The summed E-state index contributed by atoms with van der Waals surface area (Å²) in [6.07, 6.45) is 0. The van der Waals surface area contributed by atoms with Crippen molar-refractivity contribution in [3.05, 3.63) is 71.8 Å². The largest absolute Gasteiger partial charge is 0.399 e. The van der Waals surface area contributed by atoms with E-state index in [2.05, 4.69) is 0 Å². The van der Waals surface area contributed by atoms with Crippen molar-refractivity contribution in [2.75, 3.05) is 11.5 Å². The van der Waals surface area contributed by atoms with Crippen molar-refractivity contribution in [1.29, 1.82) is 0 Å². The summed E-state index contributed by atoms with van der Waals surface area (Å²) in [6.45, 7) is 0. The Morgan fingerprint density at radius 3 is 1.42 bits per heavy atom. The van der Waals surface area contributed by atoms with Crippen LogP contribution in [0, 0.1) is 0 Å². The van der Waals surface area contributed by atoms with Crippen LogP contribution in [0.3, 0.4) is 0 Å². The summed E-state index contributed by atoms with van der Waals surface area (Å²) in [7, 11) is 0. The number of rotatable bonds is 4. The lowest BCUT2D eigenvalue weighted by molar-refractivity contribution is 0.0992. The number of carbonyl (C=O) groups excluding carboxylic acids is 2. The third kappa shape index (κ3) is 3.21. The molecular formula is C20H18N4O2. The highest BCUT2D eigenvalue weighted by atomic mass is 16.1. The minimum absolute atomic E-state index is 0.360. The third-order valence-corrected chi connectivity index (χ3v) is 4.10. The third-order valence-electron chi connectivity index (χ3n) is 4.10. The topological polar surface area (TPSA) is 138 Å². The molecule has 0 saturated carbocycles. The normalized spacial score (nSPS) is 10.5. The lowest BCUT2D eigenvalue weighted by atomic mass is 9.93. The minimum Gasteiger partial charge on any atom is -0.399 e. The van der Waals surface area contributed by atoms with Crippen LogP contribution in [0.25, 0.3) is 22.3 Å². The van der Waals surface area contributed by atoms with Gasteiger partial charge in [0, 0.05) is 22.5 Å². The van der Waals surface area contributed by atoms with E-state index >= 15 is 0 Å². The molecule has 0 saturated heterocycles. The summed E-state index contributed by atoms with van der Waals surface area (Å²) in [4.78, 5) is 23.5. The van der Waals surface area contributed by atoms with Gasteiger partial charge in [0.25, 0.3) is 0 Å². The molecule has 0 unspecified atom stereocenters. The Morgan fingerprint density at radius 2 is 1.04 bits per heavy atom. The first-order chi connectivity index (χ1) is 12.4. The summed E-state index contributed by atoms with van der Waals surface area (Å²) in [5.74, 6) is -1.10. The van der Waals surface area contributed by atoms with E-state index < -0.39 is 11.8 Å². The molecule has 6 heteroatoms. The van der Waals surface area contributed by atoms with Crippen LogP contribution in [0.15, 0.2) is 60.7 Å². The first-order valence-electron chi connectivity index (χ1n) is 7.86. The fraction of sp³-hybridized carbons (Fsp3) is 0. The Labute approximate surface area is 150 Å². The molecular weight excluding hydrogens is 328 g/mol. The molecule has 0 aliphatic rings. The van der Waals surface area contributed by atoms with Gasteiger partial charge in [0.1, 0.15) is 0 Å². The van der Waals surface area contributed by atoms with Crippen molar-refractivity contribution in [2.45, 2.75) is 0 Å². The molecule has 0 spiro atoms. The van der Waals surface area contributed by atoms with Gasteiger partial charge in [-0.25, -0.2) is 0 Å². The molecule has 0 aromatic heterocycles. The van der Waals surface area contributed by atoms with Gasteiger partial charge in [-0.2, -0.15) is 0 Å².